The highest BCUT2D eigenvalue weighted by Gasteiger charge is 2.36. The van der Waals surface area contributed by atoms with Gasteiger partial charge in [0.25, 0.3) is 5.91 Å². The first-order valence-electron chi connectivity index (χ1n) is 15.5. The number of piperidine rings is 1. The van der Waals surface area contributed by atoms with E-state index in [-0.39, 0.29) is 30.3 Å². The van der Waals surface area contributed by atoms with E-state index in [2.05, 4.69) is 17.4 Å². The predicted octanol–water partition coefficient (Wildman–Crippen LogP) is 4.79. The largest absolute Gasteiger partial charge is 0.496 e. The summed E-state index contributed by atoms with van der Waals surface area (Å²) in [6, 6.07) is 19.4. The zero-order chi connectivity index (χ0) is 31.8. The van der Waals surface area contributed by atoms with Gasteiger partial charge in [0.15, 0.2) is 6.61 Å². The Morgan fingerprint density at radius 1 is 1.02 bits per heavy atom. The number of carbonyl (C=O) groups is 2. The molecule has 0 unspecified atom stereocenters. The van der Waals surface area contributed by atoms with Crippen LogP contribution in [0.5, 0.6) is 23.0 Å². The third-order valence-corrected chi connectivity index (χ3v) is 8.42. The van der Waals surface area contributed by atoms with Gasteiger partial charge in [-0.2, -0.15) is 0 Å². The summed E-state index contributed by atoms with van der Waals surface area (Å²) in [6.45, 7) is 5.34. The smallest absolute Gasteiger partial charge is 0.265 e. The quantitative estimate of drug-likeness (QED) is 0.274. The lowest BCUT2D eigenvalue weighted by Crippen LogP contribution is -2.46. The first kappa shape index (κ1) is 32.1. The molecule has 5 rings (SSSR count). The molecule has 2 aliphatic heterocycles. The van der Waals surface area contributed by atoms with Crippen LogP contribution in [0.4, 0.5) is 11.4 Å². The van der Waals surface area contributed by atoms with Crippen molar-refractivity contribution in [1.29, 1.82) is 0 Å². The van der Waals surface area contributed by atoms with Crippen molar-refractivity contribution in [3.63, 3.8) is 0 Å². The molecule has 3 aromatic rings. The number of nitrogens with one attached hydrogen (secondary N) is 1. The Hall–Kier alpha value is -4.28. The Balaban J connectivity index is 1.34. The van der Waals surface area contributed by atoms with E-state index < -0.39 is 0 Å². The molecule has 2 aliphatic rings. The van der Waals surface area contributed by atoms with Gasteiger partial charge in [0, 0.05) is 57.2 Å². The molecule has 240 valence electrons. The van der Waals surface area contributed by atoms with Crippen LogP contribution in [-0.2, 0) is 20.9 Å². The Bertz CT molecular complexity index is 1460. The van der Waals surface area contributed by atoms with E-state index in [4.69, 9.17) is 23.7 Å². The Morgan fingerprint density at radius 2 is 1.80 bits per heavy atom. The number of rotatable bonds is 13. The SMILES string of the molecule is CCN(C(=O)[C@H]1CNCC[C@@H]1c1cccc(COc2cc(OC)cc(OC)c2)c1)c1ccc2c(c1)N(CCCOC)C(=O)CO2. The zero-order valence-electron chi connectivity index (χ0n) is 26.5. The van der Waals surface area contributed by atoms with Gasteiger partial charge in [0.05, 0.1) is 25.8 Å². The van der Waals surface area contributed by atoms with Gasteiger partial charge in [0.1, 0.15) is 29.6 Å². The number of benzene rings is 3. The first-order valence-corrected chi connectivity index (χ1v) is 15.5. The second-order valence-electron chi connectivity index (χ2n) is 11.2. The number of anilines is 2. The topological polar surface area (TPSA) is 98.8 Å². The van der Waals surface area contributed by atoms with E-state index in [9.17, 15) is 9.59 Å². The molecule has 2 amide bonds. The molecule has 1 N–H and O–H groups in total. The van der Waals surface area contributed by atoms with Crippen LogP contribution in [0.15, 0.2) is 60.7 Å². The van der Waals surface area contributed by atoms with Gasteiger partial charge in [-0.05, 0) is 61.6 Å². The van der Waals surface area contributed by atoms with Crippen molar-refractivity contribution in [3.05, 3.63) is 71.8 Å². The monoisotopic (exact) mass is 617 g/mol. The first-order chi connectivity index (χ1) is 21.9. The van der Waals surface area contributed by atoms with Gasteiger partial charge in [-0.1, -0.05) is 24.3 Å². The van der Waals surface area contributed by atoms with Crippen molar-refractivity contribution in [2.75, 3.05) is 70.5 Å². The number of amides is 2. The van der Waals surface area contributed by atoms with E-state index in [0.29, 0.717) is 68.0 Å². The molecule has 10 nitrogen and oxygen atoms in total. The van der Waals surface area contributed by atoms with E-state index in [1.807, 2.05) is 54.3 Å². The summed E-state index contributed by atoms with van der Waals surface area (Å²) in [5.74, 6) is 2.34. The number of hydrogen-bond acceptors (Lipinski definition) is 8. The van der Waals surface area contributed by atoms with E-state index in [1.54, 1.807) is 32.3 Å². The van der Waals surface area contributed by atoms with E-state index in [1.165, 1.54) is 0 Å². The van der Waals surface area contributed by atoms with Crippen molar-refractivity contribution >= 4 is 23.2 Å². The van der Waals surface area contributed by atoms with Gasteiger partial charge >= 0.3 is 0 Å². The van der Waals surface area contributed by atoms with Gasteiger partial charge in [-0.3, -0.25) is 9.59 Å². The molecule has 0 aliphatic carbocycles. The molecular weight excluding hydrogens is 574 g/mol. The van der Waals surface area contributed by atoms with Gasteiger partial charge in [0.2, 0.25) is 5.91 Å². The number of nitrogens with zero attached hydrogens (tertiary/aromatic N) is 2. The Morgan fingerprint density at radius 3 is 2.53 bits per heavy atom. The lowest BCUT2D eigenvalue weighted by Gasteiger charge is -2.36. The second-order valence-corrected chi connectivity index (χ2v) is 11.2. The molecular formula is C35H43N3O7. The fourth-order valence-corrected chi connectivity index (χ4v) is 6.10. The predicted molar refractivity (Wildman–Crippen MR) is 173 cm³/mol. The average Bonchev–Trinajstić information content (AvgIpc) is 3.08. The molecule has 0 radical (unpaired) electrons. The van der Waals surface area contributed by atoms with Crippen LogP contribution in [0, 0.1) is 5.92 Å². The number of hydrogen-bond donors (Lipinski definition) is 1. The normalized spacial score (nSPS) is 17.7. The summed E-state index contributed by atoms with van der Waals surface area (Å²) in [5.41, 5.74) is 3.56. The molecule has 1 fully saturated rings. The maximum atomic E-state index is 14.3. The maximum Gasteiger partial charge on any atom is 0.265 e. The van der Waals surface area contributed by atoms with Crippen molar-refractivity contribution in [3.8, 4) is 23.0 Å². The summed E-state index contributed by atoms with van der Waals surface area (Å²) < 4.78 is 27.8. The van der Waals surface area contributed by atoms with Crippen LogP contribution in [-0.4, -0.2) is 72.5 Å². The van der Waals surface area contributed by atoms with Crippen LogP contribution in [0.25, 0.3) is 0 Å². The third kappa shape index (κ3) is 7.51. The molecule has 45 heavy (non-hydrogen) atoms. The van der Waals surface area contributed by atoms with Crippen LogP contribution in [0.2, 0.25) is 0 Å². The molecule has 3 aromatic carbocycles. The Kier molecular flexibility index (Phi) is 10.8. The van der Waals surface area contributed by atoms with Crippen molar-refractivity contribution < 1.29 is 33.3 Å². The van der Waals surface area contributed by atoms with Crippen LogP contribution < -0.4 is 34.1 Å². The zero-order valence-corrected chi connectivity index (χ0v) is 26.5. The van der Waals surface area contributed by atoms with Crippen molar-refractivity contribution in [2.45, 2.75) is 32.3 Å². The van der Waals surface area contributed by atoms with E-state index >= 15 is 0 Å². The fourth-order valence-electron chi connectivity index (χ4n) is 6.10. The highest BCUT2D eigenvalue weighted by Crippen LogP contribution is 2.38. The molecule has 10 heteroatoms. The number of carbonyl (C=O) groups excluding carboxylic acids is 2. The number of fused-ring (bicyclic) bond motifs is 1. The minimum Gasteiger partial charge on any atom is -0.496 e. The lowest BCUT2D eigenvalue weighted by atomic mass is 9.80. The summed E-state index contributed by atoms with van der Waals surface area (Å²) in [5, 5.41) is 3.44. The van der Waals surface area contributed by atoms with Crippen LogP contribution in [0.1, 0.15) is 36.8 Å². The molecule has 0 aromatic heterocycles. The standard InChI is InChI=1S/C35H43N3O7/c1-5-37(26-10-11-33-32(17-26)38(14-7-15-41-2)34(39)23-45-33)35(40)31-21-36-13-12-30(31)25-9-6-8-24(16-25)22-44-29-19-27(42-3)18-28(20-29)43-4/h6,8-11,16-20,30-31,36H,5,7,12-15,21-23H2,1-4H3/t30-,31+/m1/s1. The second kappa shape index (κ2) is 15.1. The van der Waals surface area contributed by atoms with Crippen molar-refractivity contribution in [1.82, 2.24) is 5.32 Å². The van der Waals surface area contributed by atoms with Crippen molar-refractivity contribution in [2.24, 2.45) is 5.92 Å². The molecule has 2 heterocycles. The van der Waals surface area contributed by atoms with Gasteiger partial charge in [-0.15, -0.1) is 0 Å². The fraction of sp³-hybridized carbons (Fsp3) is 0.429. The minimum atomic E-state index is -0.260. The number of ether oxygens (including phenoxy) is 5. The minimum absolute atomic E-state index is 0.00299. The summed E-state index contributed by atoms with van der Waals surface area (Å²) in [4.78, 5) is 30.6. The summed E-state index contributed by atoms with van der Waals surface area (Å²) in [6.07, 6.45) is 1.54. The lowest BCUT2D eigenvalue weighted by molar-refractivity contribution is -0.123. The molecule has 0 bridgehead atoms. The van der Waals surface area contributed by atoms with E-state index in [0.717, 1.165) is 29.8 Å². The highest BCUT2D eigenvalue weighted by atomic mass is 16.5. The molecule has 0 spiro atoms. The maximum absolute atomic E-state index is 14.3. The average molecular weight is 618 g/mol. The highest BCUT2D eigenvalue weighted by molar-refractivity contribution is 6.00. The van der Waals surface area contributed by atoms with Crippen LogP contribution >= 0.6 is 0 Å². The molecule has 0 saturated carbocycles. The number of methoxy groups -OCH3 is 3. The molecule has 1 saturated heterocycles. The van der Waals surface area contributed by atoms with Crippen LogP contribution in [0.3, 0.4) is 0 Å². The molecule has 2 atom stereocenters. The summed E-state index contributed by atoms with van der Waals surface area (Å²) >= 11 is 0. The third-order valence-electron chi connectivity index (χ3n) is 8.42. The van der Waals surface area contributed by atoms with Gasteiger partial charge in [-0.25, -0.2) is 0 Å². The summed E-state index contributed by atoms with van der Waals surface area (Å²) in [7, 11) is 4.87. The van der Waals surface area contributed by atoms with Gasteiger partial charge < -0.3 is 38.8 Å². The Labute approximate surface area is 265 Å².